The molecule has 0 atom stereocenters. The van der Waals surface area contributed by atoms with Crippen LogP contribution in [-0.4, -0.2) is 19.0 Å². The Hall–Kier alpha value is -1.14. The van der Waals surface area contributed by atoms with Gasteiger partial charge in [0.25, 0.3) is 5.92 Å². The molecule has 104 valence electrons. The molecule has 1 aliphatic rings. The van der Waals surface area contributed by atoms with Gasteiger partial charge in [-0.15, -0.1) is 4.91 Å². The molecule has 2 rings (SSSR count). The van der Waals surface area contributed by atoms with Gasteiger partial charge >= 0.3 is 0 Å². The lowest BCUT2D eigenvalue weighted by Gasteiger charge is -2.34. The van der Waals surface area contributed by atoms with Crippen molar-refractivity contribution >= 4 is 40.3 Å². The summed E-state index contributed by atoms with van der Waals surface area (Å²) < 4.78 is 26.2. The van der Waals surface area contributed by atoms with Gasteiger partial charge in [0.05, 0.1) is 21.4 Å². The number of nitrogen functional groups attached to an aromatic ring is 1. The standard InChI is InChI=1S/C11H11Cl2F2N3O/c12-6-5-7(17-19)9(16)8(13)10(6)18-3-1-11(14,15)2-4-18/h5H,1-4,16H2. The van der Waals surface area contributed by atoms with Crippen molar-refractivity contribution in [3.05, 3.63) is 21.0 Å². The number of benzene rings is 1. The molecular formula is C11H11Cl2F2N3O. The van der Waals surface area contributed by atoms with Crippen LogP contribution in [-0.2, 0) is 0 Å². The van der Waals surface area contributed by atoms with Crippen LogP contribution in [0.4, 0.5) is 25.8 Å². The van der Waals surface area contributed by atoms with Gasteiger partial charge in [-0.3, -0.25) is 0 Å². The Morgan fingerprint density at radius 3 is 2.42 bits per heavy atom. The van der Waals surface area contributed by atoms with Crippen LogP contribution in [0.25, 0.3) is 0 Å². The molecular weight excluding hydrogens is 299 g/mol. The third-order valence-electron chi connectivity index (χ3n) is 3.12. The summed E-state index contributed by atoms with van der Waals surface area (Å²) in [5.74, 6) is -2.66. The highest BCUT2D eigenvalue weighted by Gasteiger charge is 2.35. The summed E-state index contributed by atoms with van der Waals surface area (Å²) in [5, 5.41) is 2.97. The van der Waals surface area contributed by atoms with Crippen molar-refractivity contribution in [3.63, 3.8) is 0 Å². The van der Waals surface area contributed by atoms with Gasteiger partial charge in [-0.25, -0.2) is 8.78 Å². The molecule has 0 unspecified atom stereocenters. The van der Waals surface area contributed by atoms with Gasteiger partial charge in [0.1, 0.15) is 5.69 Å². The van der Waals surface area contributed by atoms with Gasteiger partial charge in [0, 0.05) is 25.9 Å². The molecule has 0 saturated carbocycles. The van der Waals surface area contributed by atoms with Crippen molar-refractivity contribution in [2.24, 2.45) is 5.18 Å². The third-order valence-corrected chi connectivity index (χ3v) is 3.79. The minimum absolute atomic E-state index is 0.00778. The van der Waals surface area contributed by atoms with Gasteiger partial charge in [-0.2, -0.15) is 0 Å². The average Bonchev–Trinajstić information content (AvgIpc) is 2.35. The van der Waals surface area contributed by atoms with E-state index in [1.54, 1.807) is 4.90 Å². The molecule has 0 spiro atoms. The molecule has 0 radical (unpaired) electrons. The van der Waals surface area contributed by atoms with E-state index in [4.69, 9.17) is 28.9 Å². The number of nitrogens with two attached hydrogens (primary N) is 1. The fourth-order valence-corrected chi connectivity index (χ4v) is 2.72. The molecule has 0 amide bonds. The molecule has 2 N–H and O–H groups in total. The highest BCUT2D eigenvalue weighted by Crippen LogP contribution is 2.44. The summed E-state index contributed by atoms with van der Waals surface area (Å²) in [5.41, 5.74) is 6.00. The second-order valence-corrected chi connectivity index (χ2v) is 5.17. The molecule has 8 heteroatoms. The first-order valence-corrected chi connectivity index (χ1v) is 6.35. The van der Waals surface area contributed by atoms with Crippen LogP contribution in [0.1, 0.15) is 12.8 Å². The highest BCUT2D eigenvalue weighted by molar-refractivity contribution is 6.41. The van der Waals surface area contributed by atoms with Crippen LogP contribution >= 0.6 is 23.2 Å². The van der Waals surface area contributed by atoms with Crippen LogP contribution in [0.2, 0.25) is 10.0 Å². The number of nitrogens with zero attached hydrogens (tertiary/aromatic N) is 2. The van der Waals surface area contributed by atoms with Crippen molar-refractivity contribution in [1.82, 2.24) is 0 Å². The quantitative estimate of drug-likeness (QED) is 0.657. The summed E-state index contributed by atoms with van der Waals surface area (Å²) in [6, 6.07) is 1.29. The van der Waals surface area contributed by atoms with E-state index >= 15 is 0 Å². The summed E-state index contributed by atoms with van der Waals surface area (Å²) in [4.78, 5) is 12.2. The monoisotopic (exact) mass is 309 g/mol. The SMILES string of the molecule is Nc1c(N=O)cc(Cl)c(N2CCC(F)(F)CC2)c1Cl. The van der Waals surface area contributed by atoms with Gasteiger partial charge < -0.3 is 10.6 Å². The first kappa shape index (κ1) is 14.3. The number of nitroso groups, excluding NO2 is 1. The normalized spacial score (nSPS) is 18.4. The molecule has 1 aromatic rings. The predicted octanol–water partition coefficient (Wildman–Crippen LogP) is 4.21. The number of rotatable bonds is 2. The van der Waals surface area contributed by atoms with E-state index in [9.17, 15) is 13.7 Å². The molecule has 1 aromatic carbocycles. The summed E-state index contributed by atoms with van der Waals surface area (Å²) >= 11 is 12.1. The zero-order valence-electron chi connectivity index (χ0n) is 9.80. The maximum absolute atomic E-state index is 13.1. The molecule has 1 saturated heterocycles. The maximum Gasteiger partial charge on any atom is 0.251 e. The first-order chi connectivity index (χ1) is 8.85. The lowest BCUT2D eigenvalue weighted by Crippen LogP contribution is -2.39. The fourth-order valence-electron chi connectivity index (χ4n) is 2.03. The molecule has 0 aromatic heterocycles. The van der Waals surface area contributed by atoms with Crippen molar-refractivity contribution < 1.29 is 8.78 Å². The van der Waals surface area contributed by atoms with Gasteiger partial charge in [0.15, 0.2) is 0 Å². The lowest BCUT2D eigenvalue weighted by molar-refractivity contribution is -0.0220. The fraction of sp³-hybridized carbons (Fsp3) is 0.455. The highest BCUT2D eigenvalue weighted by atomic mass is 35.5. The van der Waals surface area contributed by atoms with Gasteiger partial charge in [-0.05, 0) is 11.2 Å². The van der Waals surface area contributed by atoms with E-state index in [2.05, 4.69) is 5.18 Å². The van der Waals surface area contributed by atoms with Crippen molar-refractivity contribution in [1.29, 1.82) is 0 Å². The first-order valence-electron chi connectivity index (χ1n) is 5.59. The van der Waals surface area contributed by atoms with Crippen LogP contribution in [0.5, 0.6) is 0 Å². The number of hydrogen-bond acceptors (Lipinski definition) is 4. The van der Waals surface area contributed by atoms with Crippen LogP contribution in [0.15, 0.2) is 11.2 Å². The van der Waals surface area contributed by atoms with Crippen molar-refractivity contribution in [2.45, 2.75) is 18.8 Å². The lowest BCUT2D eigenvalue weighted by atomic mass is 10.1. The van der Waals surface area contributed by atoms with Crippen LogP contribution in [0, 0.1) is 4.91 Å². The molecule has 1 aliphatic heterocycles. The smallest absolute Gasteiger partial charge is 0.251 e. The Balaban J connectivity index is 2.36. The van der Waals surface area contributed by atoms with Crippen LogP contribution in [0.3, 0.4) is 0 Å². The van der Waals surface area contributed by atoms with Gasteiger partial charge in [-0.1, -0.05) is 23.2 Å². The van der Waals surface area contributed by atoms with E-state index in [1.807, 2.05) is 0 Å². The Morgan fingerprint density at radius 1 is 1.32 bits per heavy atom. The Bertz CT molecular complexity index is 515. The summed E-state index contributed by atoms with van der Waals surface area (Å²) in [6.07, 6.45) is -0.541. The van der Waals surface area contributed by atoms with E-state index in [0.717, 1.165) is 0 Å². The van der Waals surface area contributed by atoms with Crippen molar-refractivity contribution in [3.8, 4) is 0 Å². The number of halogens is 4. The largest absolute Gasteiger partial charge is 0.396 e. The third kappa shape index (κ3) is 2.74. The number of alkyl halides is 2. The second kappa shape index (κ2) is 5.09. The Morgan fingerprint density at radius 2 is 1.89 bits per heavy atom. The van der Waals surface area contributed by atoms with Crippen LogP contribution < -0.4 is 10.6 Å². The Labute approximate surface area is 118 Å². The number of hydrogen-bond donors (Lipinski definition) is 1. The zero-order chi connectivity index (χ0) is 14.2. The minimum atomic E-state index is -2.66. The second-order valence-electron chi connectivity index (χ2n) is 4.39. The van der Waals surface area contributed by atoms with E-state index in [-0.39, 0.29) is 47.4 Å². The minimum Gasteiger partial charge on any atom is -0.396 e. The number of piperidine rings is 1. The molecule has 0 aliphatic carbocycles. The Kier molecular flexibility index (Phi) is 3.82. The van der Waals surface area contributed by atoms with E-state index in [1.165, 1.54) is 6.07 Å². The topological polar surface area (TPSA) is 58.7 Å². The molecule has 1 fully saturated rings. The molecule has 1 heterocycles. The zero-order valence-corrected chi connectivity index (χ0v) is 11.3. The summed E-state index contributed by atoms with van der Waals surface area (Å²) in [7, 11) is 0. The number of anilines is 2. The molecule has 4 nitrogen and oxygen atoms in total. The van der Waals surface area contributed by atoms with E-state index < -0.39 is 5.92 Å². The van der Waals surface area contributed by atoms with Gasteiger partial charge in [0.2, 0.25) is 0 Å². The van der Waals surface area contributed by atoms with E-state index in [0.29, 0.717) is 5.69 Å². The average molecular weight is 310 g/mol. The molecule has 19 heavy (non-hydrogen) atoms. The van der Waals surface area contributed by atoms with Crippen molar-refractivity contribution in [2.75, 3.05) is 23.7 Å². The summed E-state index contributed by atoms with van der Waals surface area (Å²) in [6.45, 7) is 0.249. The maximum atomic E-state index is 13.1. The molecule has 0 bridgehead atoms. The predicted molar refractivity (Wildman–Crippen MR) is 72.7 cm³/mol.